The van der Waals surface area contributed by atoms with E-state index in [0.717, 1.165) is 12.2 Å². The van der Waals surface area contributed by atoms with E-state index in [4.69, 9.17) is 4.74 Å². The molecule has 2 aromatic carbocycles. The molecule has 2 nitrogen and oxygen atoms in total. The van der Waals surface area contributed by atoms with Gasteiger partial charge in [0.2, 0.25) is 0 Å². The Balaban J connectivity index is 2.02. The minimum absolute atomic E-state index is 0.457. The predicted molar refractivity (Wildman–Crippen MR) is 92.9 cm³/mol. The van der Waals surface area contributed by atoms with Crippen LogP contribution in [-0.4, -0.2) is 12.1 Å². The van der Waals surface area contributed by atoms with E-state index in [2.05, 4.69) is 68.2 Å². The largest absolute Gasteiger partial charge is 0.496 e. The average molecular weight is 293 g/mol. The van der Waals surface area contributed by atoms with Gasteiger partial charge in [-0.1, -0.05) is 44.2 Å². The summed E-state index contributed by atoms with van der Waals surface area (Å²) in [6.07, 6.45) is 0.944. The summed E-state index contributed by atoms with van der Waals surface area (Å²) < 4.78 is 5.48. The van der Waals surface area contributed by atoms with Crippen LogP contribution < -0.4 is 4.74 Å². The van der Waals surface area contributed by atoms with E-state index in [1.165, 1.54) is 33.3 Å². The summed E-state index contributed by atoms with van der Waals surface area (Å²) in [5.41, 5.74) is 6.46. The van der Waals surface area contributed by atoms with Crippen LogP contribution in [0.15, 0.2) is 42.5 Å². The summed E-state index contributed by atoms with van der Waals surface area (Å²) in [5, 5.41) is 1.32. The van der Waals surface area contributed by atoms with Crippen LogP contribution >= 0.6 is 0 Å². The van der Waals surface area contributed by atoms with Crippen LogP contribution in [0.5, 0.6) is 5.75 Å². The lowest BCUT2D eigenvalue weighted by Gasteiger charge is -2.13. The average Bonchev–Trinajstić information content (AvgIpc) is 2.83. The summed E-state index contributed by atoms with van der Waals surface area (Å²) in [4.78, 5) is 3.48. The lowest BCUT2D eigenvalue weighted by molar-refractivity contribution is 0.407. The number of hydrogen-bond donors (Lipinski definition) is 1. The van der Waals surface area contributed by atoms with Crippen molar-refractivity contribution in [3.63, 3.8) is 0 Å². The molecular formula is C20H23NO. The Kier molecular flexibility index (Phi) is 3.93. The summed E-state index contributed by atoms with van der Waals surface area (Å²) in [5.74, 6) is 1.44. The zero-order chi connectivity index (χ0) is 15.7. The SMILES string of the molecule is COc1ccc(Cc2c(C)[nH]c3ccccc23)cc1C(C)C. The molecule has 0 aliphatic heterocycles. The van der Waals surface area contributed by atoms with Gasteiger partial charge in [0.1, 0.15) is 5.75 Å². The quantitative estimate of drug-likeness (QED) is 0.702. The van der Waals surface area contributed by atoms with Crippen LogP contribution in [0.4, 0.5) is 0 Å². The third kappa shape index (κ3) is 2.61. The Morgan fingerprint density at radius 1 is 1.09 bits per heavy atom. The van der Waals surface area contributed by atoms with Gasteiger partial charge in [-0.3, -0.25) is 0 Å². The highest BCUT2D eigenvalue weighted by Crippen LogP contribution is 2.30. The third-order valence-corrected chi connectivity index (χ3v) is 4.32. The van der Waals surface area contributed by atoms with E-state index in [0.29, 0.717) is 5.92 Å². The number of para-hydroxylation sites is 1. The predicted octanol–water partition coefficient (Wildman–Crippen LogP) is 5.20. The normalized spacial score (nSPS) is 11.3. The standard InChI is InChI=1S/C20H23NO/c1-13(2)17-11-15(9-10-20(17)22-4)12-18-14(3)21-19-8-6-5-7-16(18)19/h5-11,13,21H,12H2,1-4H3. The van der Waals surface area contributed by atoms with Gasteiger partial charge in [0.25, 0.3) is 0 Å². The van der Waals surface area contributed by atoms with E-state index < -0.39 is 0 Å². The van der Waals surface area contributed by atoms with E-state index in [1.807, 2.05) is 0 Å². The number of aryl methyl sites for hydroxylation is 1. The van der Waals surface area contributed by atoms with Crippen molar-refractivity contribution in [2.24, 2.45) is 0 Å². The van der Waals surface area contributed by atoms with Crippen LogP contribution in [0.1, 0.15) is 42.1 Å². The maximum absolute atomic E-state index is 5.48. The van der Waals surface area contributed by atoms with Crippen LogP contribution in [0.2, 0.25) is 0 Å². The van der Waals surface area contributed by atoms with Crippen molar-refractivity contribution in [2.75, 3.05) is 7.11 Å². The molecule has 0 saturated carbocycles. The van der Waals surface area contributed by atoms with Gasteiger partial charge in [0.15, 0.2) is 0 Å². The lowest BCUT2D eigenvalue weighted by atomic mass is 9.95. The first-order chi connectivity index (χ1) is 10.6. The van der Waals surface area contributed by atoms with E-state index >= 15 is 0 Å². The molecule has 114 valence electrons. The highest BCUT2D eigenvalue weighted by Gasteiger charge is 2.12. The summed E-state index contributed by atoms with van der Waals surface area (Å²) >= 11 is 0. The van der Waals surface area contributed by atoms with Crippen LogP contribution in [0.25, 0.3) is 10.9 Å². The molecule has 0 bridgehead atoms. The Labute approximate surface area is 132 Å². The zero-order valence-electron chi connectivity index (χ0n) is 13.7. The number of fused-ring (bicyclic) bond motifs is 1. The van der Waals surface area contributed by atoms with E-state index in [1.54, 1.807) is 7.11 Å². The number of rotatable bonds is 4. The Bertz CT molecular complexity index is 799. The maximum atomic E-state index is 5.48. The molecule has 0 atom stereocenters. The Hall–Kier alpha value is -2.22. The summed E-state index contributed by atoms with van der Waals surface area (Å²) in [7, 11) is 1.74. The topological polar surface area (TPSA) is 25.0 Å². The molecule has 0 saturated heterocycles. The van der Waals surface area contributed by atoms with Crippen molar-refractivity contribution < 1.29 is 4.74 Å². The fourth-order valence-corrected chi connectivity index (χ4v) is 3.11. The third-order valence-electron chi connectivity index (χ3n) is 4.32. The van der Waals surface area contributed by atoms with Gasteiger partial charge in [0, 0.05) is 16.6 Å². The number of benzene rings is 2. The number of ether oxygens (including phenoxy) is 1. The van der Waals surface area contributed by atoms with Crippen molar-refractivity contribution in [3.05, 3.63) is 64.8 Å². The Morgan fingerprint density at radius 2 is 1.86 bits per heavy atom. The molecule has 0 spiro atoms. The van der Waals surface area contributed by atoms with Gasteiger partial charge in [-0.2, -0.15) is 0 Å². The molecule has 22 heavy (non-hydrogen) atoms. The molecular weight excluding hydrogens is 270 g/mol. The van der Waals surface area contributed by atoms with E-state index in [9.17, 15) is 0 Å². The van der Waals surface area contributed by atoms with Gasteiger partial charge in [0.05, 0.1) is 7.11 Å². The molecule has 0 aliphatic carbocycles. The van der Waals surface area contributed by atoms with Crippen molar-refractivity contribution >= 4 is 10.9 Å². The minimum atomic E-state index is 0.457. The molecule has 0 fully saturated rings. The number of nitrogens with one attached hydrogen (secondary N) is 1. The molecule has 0 amide bonds. The molecule has 2 heteroatoms. The Morgan fingerprint density at radius 3 is 2.59 bits per heavy atom. The van der Waals surface area contributed by atoms with Crippen molar-refractivity contribution in [1.82, 2.24) is 4.98 Å². The molecule has 0 aliphatic rings. The smallest absolute Gasteiger partial charge is 0.122 e. The first kappa shape index (κ1) is 14.7. The number of aromatic nitrogens is 1. The lowest BCUT2D eigenvalue weighted by Crippen LogP contribution is -1.97. The molecule has 3 rings (SSSR count). The second kappa shape index (κ2) is 5.88. The summed E-state index contributed by atoms with van der Waals surface area (Å²) in [6.45, 7) is 6.57. The van der Waals surface area contributed by atoms with Gasteiger partial charge >= 0.3 is 0 Å². The highest BCUT2D eigenvalue weighted by molar-refractivity contribution is 5.84. The fraction of sp³-hybridized carbons (Fsp3) is 0.300. The van der Waals surface area contributed by atoms with Crippen molar-refractivity contribution in [1.29, 1.82) is 0 Å². The number of methoxy groups -OCH3 is 1. The van der Waals surface area contributed by atoms with Crippen LogP contribution in [-0.2, 0) is 6.42 Å². The summed E-state index contributed by atoms with van der Waals surface area (Å²) in [6, 6.07) is 15.1. The minimum Gasteiger partial charge on any atom is -0.496 e. The second-order valence-electron chi connectivity index (χ2n) is 6.18. The zero-order valence-corrected chi connectivity index (χ0v) is 13.7. The van der Waals surface area contributed by atoms with Gasteiger partial charge in [-0.05, 0) is 48.1 Å². The van der Waals surface area contributed by atoms with Crippen LogP contribution in [0, 0.1) is 6.92 Å². The monoisotopic (exact) mass is 293 g/mol. The van der Waals surface area contributed by atoms with Crippen LogP contribution in [0.3, 0.4) is 0 Å². The van der Waals surface area contributed by atoms with Crippen molar-refractivity contribution in [2.45, 2.75) is 33.1 Å². The van der Waals surface area contributed by atoms with E-state index in [-0.39, 0.29) is 0 Å². The highest BCUT2D eigenvalue weighted by atomic mass is 16.5. The van der Waals surface area contributed by atoms with Gasteiger partial charge in [-0.25, -0.2) is 0 Å². The second-order valence-corrected chi connectivity index (χ2v) is 6.18. The van der Waals surface area contributed by atoms with Gasteiger partial charge < -0.3 is 9.72 Å². The molecule has 1 heterocycles. The maximum Gasteiger partial charge on any atom is 0.122 e. The number of H-pyrrole nitrogens is 1. The molecule has 1 N–H and O–H groups in total. The number of hydrogen-bond acceptors (Lipinski definition) is 1. The molecule has 0 radical (unpaired) electrons. The first-order valence-electron chi connectivity index (χ1n) is 7.83. The van der Waals surface area contributed by atoms with Gasteiger partial charge in [-0.15, -0.1) is 0 Å². The molecule has 3 aromatic rings. The number of aromatic amines is 1. The first-order valence-corrected chi connectivity index (χ1v) is 7.83. The molecule has 0 unspecified atom stereocenters. The van der Waals surface area contributed by atoms with Crippen molar-refractivity contribution in [3.8, 4) is 5.75 Å². The fourth-order valence-electron chi connectivity index (χ4n) is 3.11. The molecule has 1 aromatic heterocycles.